The van der Waals surface area contributed by atoms with Crippen LogP contribution in [0.5, 0.6) is 0 Å². The van der Waals surface area contributed by atoms with E-state index in [0.29, 0.717) is 18.8 Å². The number of amides is 1. The largest absolute Gasteiger partial charge is 0.337 e. The molecule has 0 saturated carbocycles. The van der Waals surface area contributed by atoms with Crippen LogP contribution in [0.4, 0.5) is 0 Å². The van der Waals surface area contributed by atoms with Crippen LogP contribution in [0, 0.1) is 6.92 Å². The van der Waals surface area contributed by atoms with Gasteiger partial charge in [-0.2, -0.15) is 5.10 Å². The van der Waals surface area contributed by atoms with Crippen molar-refractivity contribution >= 4 is 5.91 Å². The third kappa shape index (κ3) is 3.22. The first kappa shape index (κ1) is 17.4. The van der Waals surface area contributed by atoms with Crippen LogP contribution < -0.4 is 0 Å². The maximum absolute atomic E-state index is 12.6. The molecule has 0 radical (unpaired) electrons. The first-order valence-electron chi connectivity index (χ1n) is 9.13. The van der Waals surface area contributed by atoms with E-state index < -0.39 is 0 Å². The van der Waals surface area contributed by atoms with E-state index in [1.165, 1.54) is 0 Å². The molecule has 0 N–H and O–H groups in total. The number of nitrogens with zero attached hydrogens (tertiary/aromatic N) is 7. The van der Waals surface area contributed by atoms with Gasteiger partial charge in [0.2, 0.25) is 0 Å². The number of aromatic nitrogens is 6. The van der Waals surface area contributed by atoms with Crippen LogP contribution in [0.3, 0.4) is 0 Å². The van der Waals surface area contributed by atoms with Crippen molar-refractivity contribution in [2.45, 2.75) is 25.7 Å². The number of likely N-dealkylation sites (tertiary alicyclic amines) is 1. The second kappa shape index (κ2) is 6.94. The summed E-state index contributed by atoms with van der Waals surface area (Å²) in [7, 11) is 3.81. The fourth-order valence-electron chi connectivity index (χ4n) is 3.61. The SMILES string of the molecule is Cc1ncc(-c2nccnc2C2CCN(C(=O)c3ccn(C)n3)CC2)n1C. The molecule has 0 aliphatic carbocycles. The predicted octanol–water partition coefficient (Wildman–Crippen LogP) is 1.94. The summed E-state index contributed by atoms with van der Waals surface area (Å²) in [6, 6.07) is 1.76. The number of piperidine rings is 1. The standard InChI is InChI=1S/C19H23N7O/c1-13-22-12-16(25(13)3)18-17(20-7-8-21-18)14-4-10-26(11-5-14)19(27)15-6-9-24(2)23-15/h6-9,12,14H,4-5,10-11H2,1-3H3. The lowest BCUT2D eigenvalue weighted by Gasteiger charge is -2.31. The second-order valence-corrected chi connectivity index (χ2v) is 6.98. The molecule has 1 fully saturated rings. The normalized spacial score (nSPS) is 15.3. The first-order chi connectivity index (χ1) is 13.0. The Kier molecular flexibility index (Phi) is 4.47. The lowest BCUT2D eigenvalue weighted by molar-refractivity contribution is 0.0705. The quantitative estimate of drug-likeness (QED) is 0.708. The number of hydrogen-bond donors (Lipinski definition) is 0. The third-order valence-electron chi connectivity index (χ3n) is 5.29. The van der Waals surface area contributed by atoms with Crippen molar-refractivity contribution < 1.29 is 4.79 Å². The number of aryl methyl sites for hydroxylation is 2. The number of rotatable bonds is 3. The molecule has 8 heteroatoms. The van der Waals surface area contributed by atoms with E-state index in [4.69, 9.17) is 0 Å². The van der Waals surface area contributed by atoms with Crippen LogP contribution >= 0.6 is 0 Å². The predicted molar refractivity (Wildman–Crippen MR) is 100 cm³/mol. The number of carbonyl (C=O) groups is 1. The minimum absolute atomic E-state index is 0.00400. The molecule has 1 saturated heterocycles. The molecule has 0 bridgehead atoms. The van der Waals surface area contributed by atoms with Gasteiger partial charge in [0.15, 0.2) is 0 Å². The van der Waals surface area contributed by atoms with Gasteiger partial charge < -0.3 is 9.47 Å². The molecule has 3 aromatic rings. The maximum Gasteiger partial charge on any atom is 0.274 e. The Hall–Kier alpha value is -3.03. The van der Waals surface area contributed by atoms with Crippen LogP contribution in [0.2, 0.25) is 0 Å². The van der Waals surface area contributed by atoms with Gasteiger partial charge in [0, 0.05) is 51.7 Å². The smallest absolute Gasteiger partial charge is 0.274 e. The lowest BCUT2D eigenvalue weighted by Crippen LogP contribution is -2.38. The Morgan fingerprint density at radius 1 is 1.11 bits per heavy atom. The van der Waals surface area contributed by atoms with E-state index >= 15 is 0 Å². The Morgan fingerprint density at radius 3 is 2.48 bits per heavy atom. The van der Waals surface area contributed by atoms with Crippen molar-refractivity contribution in [3.63, 3.8) is 0 Å². The zero-order chi connectivity index (χ0) is 19.0. The van der Waals surface area contributed by atoms with Gasteiger partial charge in [0.1, 0.15) is 17.2 Å². The summed E-state index contributed by atoms with van der Waals surface area (Å²) in [5, 5.41) is 4.22. The van der Waals surface area contributed by atoms with Crippen molar-refractivity contribution in [1.82, 2.24) is 34.2 Å². The summed E-state index contributed by atoms with van der Waals surface area (Å²) in [5.41, 5.74) is 3.35. The van der Waals surface area contributed by atoms with E-state index in [9.17, 15) is 4.79 Å². The van der Waals surface area contributed by atoms with Gasteiger partial charge in [-0.1, -0.05) is 0 Å². The number of imidazole rings is 1. The molecule has 1 aliphatic rings. The molecule has 8 nitrogen and oxygen atoms in total. The van der Waals surface area contributed by atoms with E-state index in [-0.39, 0.29) is 11.8 Å². The summed E-state index contributed by atoms with van der Waals surface area (Å²) in [4.78, 5) is 28.1. The molecule has 3 aromatic heterocycles. The molecule has 0 aromatic carbocycles. The Bertz CT molecular complexity index is 966. The Morgan fingerprint density at radius 2 is 1.85 bits per heavy atom. The fraction of sp³-hybridized carbons (Fsp3) is 0.421. The van der Waals surface area contributed by atoms with Gasteiger partial charge in [0.25, 0.3) is 5.91 Å². The summed E-state index contributed by atoms with van der Waals surface area (Å²) >= 11 is 0. The molecule has 27 heavy (non-hydrogen) atoms. The van der Waals surface area contributed by atoms with Crippen LogP contribution in [-0.4, -0.2) is 53.2 Å². The van der Waals surface area contributed by atoms with Crippen molar-refractivity contribution in [2.24, 2.45) is 14.1 Å². The zero-order valence-electron chi connectivity index (χ0n) is 15.8. The number of carbonyl (C=O) groups excluding carboxylic acids is 1. The highest BCUT2D eigenvalue weighted by atomic mass is 16.2. The van der Waals surface area contributed by atoms with Crippen molar-refractivity contribution in [2.75, 3.05) is 13.1 Å². The average Bonchev–Trinajstić information content (AvgIpc) is 3.27. The molecule has 0 atom stereocenters. The Balaban J connectivity index is 1.52. The Labute approximate surface area is 157 Å². The van der Waals surface area contributed by atoms with Gasteiger partial charge in [0.05, 0.1) is 17.6 Å². The molecule has 140 valence electrons. The van der Waals surface area contributed by atoms with Crippen LogP contribution in [-0.2, 0) is 14.1 Å². The molecule has 1 amide bonds. The molecular weight excluding hydrogens is 342 g/mol. The van der Waals surface area contributed by atoms with Gasteiger partial charge in [-0.05, 0) is 25.8 Å². The molecule has 0 unspecified atom stereocenters. The minimum Gasteiger partial charge on any atom is -0.337 e. The van der Waals surface area contributed by atoms with Gasteiger partial charge in [-0.3, -0.25) is 19.4 Å². The van der Waals surface area contributed by atoms with Crippen LogP contribution in [0.15, 0.2) is 30.9 Å². The molecular formula is C19H23N7O. The summed E-state index contributed by atoms with van der Waals surface area (Å²) in [6.07, 6.45) is 8.83. The topological polar surface area (TPSA) is 81.7 Å². The monoisotopic (exact) mass is 365 g/mol. The van der Waals surface area contributed by atoms with E-state index in [1.807, 2.05) is 36.7 Å². The highest BCUT2D eigenvalue weighted by molar-refractivity contribution is 5.92. The lowest BCUT2D eigenvalue weighted by atomic mass is 9.91. The molecule has 4 rings (SSSR count). The zero-order valence-corrected chi connectivity index (χ0v) is 15.8. The summed E-state index contributed by atoms with van der Waals surface area (Å²) in [5.74, 6) is 1.21. The van der Waals surface area contributed by atoms with Crippen LogP contribution in [0.1, 0.15) is 40.8 Å². The average molecular weight is 365 g/mol. The first-order valence-corrected chi connectivity index (χ1v) is 9.13. The maximum atomic E-state index is 12.6. The molecule has 4 heterocycles. The highest BCUT2D eigenvalue weighted by Crippen LogP contribution is 2.33. The van der Waals surface area contributed by atoms with Crippen molar-refractivity contribution in [3.8, 4) is 11.4 Å². The van der Waals surface area contributed by atoms with Gasteiger partial charge in [-0.15, -0.1) is 0 Å². The van der Waals surface area contributed by atoms with Crippen LogP contribution in [0.25, 0.3) is 11.4 Å². The van der Waals surface area contributed by atoms with E-state index in [1.54, 1.807) is 29.3 Å². The van der Waals surface area contributed by atoms with E-state index in [2.05, 4.69) is 20.1 Å². The fourth-order valence-corrected chi connectivity index (χ4v) is 3.61. The third-order valence-corrected chi connectivity index (χ3v) is 5.29. The minimum atomic E-state index is -0.00400. The van der Waals surface area contributed by atoms with Crippen molar-refractivity contribution in [3.05, 3.63) is 48.1 Å². The number of hydrogen-bond acceptors (Lipinski definition) is 5. The molecule has 1 aliphatic heterocycles. The summed E-state index contributed by atoms with van der Waals surface area (Å²) < 4.78 is 3.69. The second-order valence-electron chi connectivity index (χ2n) is 6.98. The van der Waals surface area contributed by atoms with E-state index in [0.717, 1.165) is 35.7 Å². The van der Waals surface area contributed by atoms with Gasteiger partial charge in [-0.25, -0.2) is 4.98 Å². The molecule has 0 spiro atoms. The highest BCUT2D eigenvalue weighted by Gasteiger charge is 2.28. The van der Waals surface area contributed by atoms with Crippen molar-refractivity contribution in [1.29, 1.82) is 0 Å². The van der Waals surface area contributed by atoms with Gasteiger partial charge >= 0.3 is 0 Å². The summed E-state index contributed by atoms with van der Waals surface area (Å²) in [6.45, 7) is 3.36.